The van der Waals surface area contributed by atoms with Crippen LogP contribution < -0.4 is 42.4 Å². The van der Waals surface area contributed by atoms with Crippen LogP contribution in [0.1, 0.15) is 65.0 Å². The van der Waals surface area contributed by atoms with Crippen LogP contribution in [-0.4, -0.2) is 9.52 Å². The van der Waals surface area contributed by atoms with Gasteiger partial charge < -0.3 is 37.2 Å². The van der Waals surface area contributed by atoms with Crippen LogP contribution in [0, 0.1) is 31.3 Å². The van der Waals surface area contributed by atoms with Crippen molar-refractivity contribution in [1.82, 2.24) is 0 Å². The molecule has 0 aliphatic heterocycles. The van der Waals surface area contributed by atoms with Gasteiger partial charge in [-0.05, 0) is 38.0 Å². The van der Waals surface area contributed by atoms with Crippen LogP contribution in [0.2, 0.25) is 5.04 Å². The average Bonchev–Trinajstić information content (AvgIpc) is 2.77. The molecule has 2 unspecified atom stereocenters. The van der Waals surface area contributed by atoms with Gasteiger partial charge in [0.25, 0.3) is 0 Å². The average molecular weight is 544 g/mol. The van der Waals surface area contributed by atoms with E-state index < -0.39 is 9.52 Å². The summed E-state index contributed by atoms with van der Waals surface area (Å²) in [4.78, 5) is 0. The Bertz CT molecular complexity index is 865. The second-order valence-electron chi connectivity index (χ2n) is 9.88. The fourth-order valence-corrected chi connectivity index (χ4v) is 8.65. The molecule has 3 rings (SSSR count). The summed E-state index contributed by atoms with van der Waals surface area (Å²) < 4.78 is 0. The molecule has 0 amide bonds. The van der Waals surface area contributed by atoms with Crippen LogP contribution in [0.4, 0.5) is 0 Å². The van der Waals surface area contributed by atoms with Crippen molar-refractivity contribution in [3.63, 3.8) is 0 Å². The van der Waals surface area contributed by atoms with Crippen LogP contribution in [0.15, 0.2) is 59.2 Å². The zero-order valence-electron chi connectivity index (χ0n) is 20.6. The molecule has 174 valence electrons. The number of hydrogen-bond donors (Lipinski definition) is 0. The molecule has 2 atom stereocenters. The monoisotopic (exact) mass is 542 g/mol. The van der Waals surface area contributed by atoms with E-state index in [4.69, 9.17) is 0 Å². The third-order valence-corrected chi connectivity index (χ3v) is 9.12. The largest absolute Gasteiger partial charge is 4.00 e. The Hall–Kier alpha value is -0.0188. The second-order valence-corrected chi connectivity index (χ2v) is 12.3. The van der Waals surface area contributed by atoms with Crippen molar-refractivity contribution >= 4 is 14.7 Å². The zero-order valence-corrected chi connectivity index (χ0v) is 25.8. The molecule has 0 bridgehead atoms. The van der Waals surface area contributed by atoms with Crippen molar-refractivity contribution in [2.24, 2.45) is 11.3 Å². The quantitative estimate of drug-likeness (QED) is 0.271. The molecule has 0 aromatic heterocycles. The van der Waals surface area contributed by atoms with Crippen molar-refractivity contribution in [1.29, 1.82) is 0 Å². The van der Waals surface area contributed by atoms with Gasteiger partial charge in [0.1, 0.15) is 0 Å². The third kappa shape index (κ3) is 7.76. The maximum Gasteiger partial charge on any atom is 4.00 e. The van der Waals surface area contributed by atoms with Gasteiger partial charge in [-0.15, -0.1) is 6.92 Å². The normalized spacial score (nSPS) is 24.1. The van der Waals surface area contributed by atoms with E-state index >= 15 is 0 Å². The van der Waals surface area contributed by atoms with Crippen LogP contribution in [0.5, 0.6) is 0 Å². The molecule has 0 nitrogen and oxygen atoms in total. The SMILES string of the molecule is CC1=[C-]C(CC2(CC(C)C)C=CC=CC2)([SiH2]c2cc(C)cc(C)c2)C(C)=C1C.[Cl-].[Cl-].[Cl-].[Ti+4]. The Balaban J connectivity index is 0. The fraction of sp³-hybridized carbons (Fsp3) is 0.481. The molecular weight excluding hydrogens is 507 g/mol. The fourth-order valence-electron chi connectivity index (χ4n) is 5.60. The minimum atomic E-state index is -0.559. The second kappa shape index (κ2) is 13.8. The van der Waals surface area contributed by atoms with E-state index in [1.807, 2.05) is 0 Å². The summed E-state index contributed by atoms with van der Waals surface area (Å²) >= 11 is 0. The summed E-state index contributed by atoms with van der Waals surface area (Å²) in [7, 11) is -0.559. The van der Waals surface area contributed by atoms with Crippen LogP contribution in [0.25, 0.3) is 0 Å². The van der Waals surface area contributed by atoms with E-state index in [1.54, 1.807) is 10.8 Å². The van der Waals surface area contributed by atoms with Crippen molar-refractivity contribution < 1.29 is 58.9 Å². The van der Waals surface area contributed by atoms with Crippen LogP contribution in [-0.2, 0) is 21.7 Å². The minimum Gasteiger partial charge on any atom is -1.00 e. The first-order chi connectivity index (χ1) is 13.1. The molecule has 0 heterocycles. The van der Waals surface area contributed by atoms with E-state index in [0.717, 1.165) is 6.42 Å². The molecule has 0 N–H and O–H groups in total. The molecule has 2 aliphatic rings. The van der Waals surface area contributed by atoms with Crippen molar-refractivity contribution in [3.8, 4) is 0 Å². The molecule has 0 spiro atoms. The summed E-state index contributed by atoms with van der Waals surface area (Å²) in [5.74, 6) is 0.702. The Kier molecular flexibility index (Phi) is 14.7. The van der Waals surface area contributed by atoms with Gasteiger partial charge in [-0.25, -0.2) is 5.57 Å². The number of rotatable bonds is 6. The van der Waals surface area contributed by atoms with E-state index in [2.05, 4.69) is 97.0 Å². The predicted octanol–water partition coefficient (Wildman–Crippen LogP) is -2.70. The Morgan fingerprint density at radius 3 is 1.97 bits per heavy atom. The molecule has 0 saturated carbocycles. The van der Waals surface area contributed by atoms with Gasteiger partial charge in [-0.1, -0.05) is 98.0 Å². The molecule has 32 heavy (non-hydrogen) atoms. The minimum absolute atomic E-state index is 0. The van der Waals surface area contributed by atoms with Gasteiger partial charge in [-0.2, -0.15) is 11.1 Å². The third-order valence-electron chi connectivity index (χ3n) is 6.75. The molecule has 0 saturated heterocycles. The van der Waals surface area contributed by atoms with Gasteiger partial charge in [0.05, 0.1) is 0 Å². The maximum atomic E-state index is 4.05. The van der Waals surface area contributed by atoms with Gasteiger partial charge in [0.15, 0.2) is 0 Å². The van der Waals surface area contributed by atoms with E-state index in [9.17, 15) is 0 Å². The Morgan fingerprint density at radius 2 is 1.53 bits per heavy atom. The zero-order chi connectivity index (χ0) is 20.5. The smallest absolute Gasteiger partial charge is 1.00 e. The van der Waals surface area contributed by atoms with Crippen LogP contribution >= 0.6 is 0 Å². The molecular formula is C27H37Cl3SiTi. The van der Waals surface area contributed by atoms with Crippen molar-refractivity contribution in [2.45, 2.75) is 72.8 Å². The van der Waals surface area contributed by atoms with E-state index in [0.29, 0.717) is 5.92 Å². The molecule has 0 fully saturated rings. The van der Waals surface area contributed by atoms with Gasteiger partial charge in [0.2, 0.25) is 0 Å². The molecule has 2 aliphatic carbocycles. The van der Waals surface area contributed by atoms with E-state index in [1.165, 1.54) is 35.1 Å². The number of halogens is 3. The number of benzene rings is 1. The Morgan fingerprint density at radius 1 is 0.938 bits per heavy atom. The van der Waals surface area contributed by atoms with Gasteiger partial charge >= 0.3 is 21.7 Å². The number of aryl methyl sites for hydroxylation is 2. The summed E-state index contributed by atoms with van der Waals surface area (Å²) in [6.07, 6.45) is 17.1. The summed E-state index contributed by atoms with van der Waals surface area (Å²) in [5, 5.41) is 1.72. The summed E-state index contributed by atoms with van der Waals surface area (Å²) in [6, 6.07) is 7.17. The van der Waals surface area contributed by atoms with E-state index in [-0.39, 0.29) is 69.4 Å². The van der Waals surface area contributed by atoms with Crippen molar-refractivity contribution in [3.05, 3.63) is 76.4 Å². The first-order valence-electron chi connectivity index (χ1n) is 10.9. The molecule has 1 aromatic carbocycles. The molecule has 0 radical (unpaired) electrons. The Labute approximate surface area is 232 Å². The first-order valence-corrected chi connectivity index (χ1v) is 12.3. The van der Waals surface area contributed by atoms with Gasteiger partial charge in [-0.3, -0.25) is 6.08 Å². The maximum absolute atomic E-state index is 4.05. The predicted molar refractivity (Wildman–Crippen MR) is 127 cm³/mol. The topological polar surface area (TPSA) is 0 Å². The van der Waals surface area contributed by atoms with Crippen molar-refractivity contribution in [2.75, 3.05) is 0 Å². The standard InChI is InChI=1S/C27H37Si.3ClH.Ti/c1-19(2)16-26(11-9-8-10-12-26)18-27(17-22(5)23(6)24(27)7)28-25-14-20(3)13-21(4)15-25;;;;/h8-11,13-15,19H,12,16,18,28H2,1-7H3;3*1H;/q-1;;;;+4/p-3. The first kappa shape index (κ1) is 34.2. The van der Waals surface area contributed by atoms with Crippen LogP contribution in [0.3, 0.4) is 0 Å². The molecule has 1 aromatic rings. The van der Waals surface area contributed by atoms with Gasteiger partial charge in [0, 0.05) is 9.52 Å². The summed E-state index contributed by atoms with van der Waals surface area (Å²) in [6.45, 7) is 16.2. The molecule has 5 heteroatoms. The number of allylic oxidation sites excluding steroid dienone is 8. The summed E-state index contributed by atoms with van der Waals surface area (Å²) in [5.41, 5.74) is 7.49. The number of hydrogen-bond acceptors (Lipinski definition) is 0.